The zero-order chi connectivity index (χ0) is 15.7. The van der Waals surface area contributed by atoms with Crippen molar-refractivity contribution in [1.82, 2.24) is 0 Å². The Morgan fingerprint density at radius 2 is 1.90 bits per heavy atom. The second-order valence-corrected chi connectivity index (χ2v) is 4.46. The molecule has 0 aromatic heterocycles. The Bertz CT molecular complexity index is 481. The van der Waals surface area contributed by atoms with Crippen LogP contribution in [0.1, 0.15) is 19.4 Å². The van der Waals surface area contributed by atoms with Crippen LogP contribution in [0.15, 0.2) is 42.5 Å². The fourth-order valence-corrected chi connectivity index (χ4v) is 1.68. The van der Waals surface area contributed by atoms with Crippen LogP contribution in [0.25, 0.3) is 0 Å². The summed E-state index contributed by atoms with van der Waals surface area (Å²) in [5.41, 5.74) is 0.990. The van der Waals surface area contributed by atoms with Gasteiger partial charge in [0, 0.05) is 13.0 Å². The van der Waals surface area contributed by atoms with E-state index in [1.165, 1.54) is 26.2 Å². The fraction of sp³-hybridized carbons (Fsp3) is 0.375. The Labute approximate surface area is 124 Å². The molecule has 0 saturated heterocycles. The van der Waals surface area contributed by atoms with Gasteiger partial charge in [-0.1, -0.05) is 30.3 Å². The van der Waals surface area contributed by atoms with Crippen LogP contribution in [0.4, 0.5) is 0 Å². The zero-order valence-corrected chi connectivity index (χ0v) is 12.4. The van der Waals surface area contributed by atoms with Gasteiger partial charge in [0.05, 0.1) is 13.7 Å². The molecule has 0 saturated carbocycles. The summed E-state index contributed by atoms with van der Waals surface area (Å²) in [6, 6.07) is 9.59. The van der Waals surface area contributed by atoms with Crippen molar-refractivity contribution >= 4 is 11.9 Å². The maximum absolute atomic E-state index is 11.2. The van der Waals surface area contributed by atoms with Gasteiger partial charge in [0.25, 0.3) is 0 Å². The second-order valence-electron chi connectivity index (χ2n) is 4.46. The average Bonchev–Trinajstić information content (AvgIpc) is 2.47. The third-order valence-electron chi connectivity index (χ3n) is 2.72. The van der Waals surface area contributed by atoms with Gasteiger partial charge in [0.15, 0.2) is 0 Å². The highest BCUT2D eigenvalue weighted by atomic mass is 16.6. The Balaban J connectivity index is 2.68. The summed E-state index contributed by atoms with van der Waals surface area (Å²) < 4.78 is 15.3. The Kier molecular flexibility index (Phi) is 7.18. The van der Waals surface area contributed by atoms with Crippen LogP contribution in [0.2, 0.25) is 0 Å². The fourth-order valence-electron chi connectivity index (χ4n) is 1.68. The molecule has 2 atom stereocenters. The number of esters is 2. The van der Waals surface area contributed by atoms with Gasteiger partial charge in [-0.2, -0.15) is 0 Å². The van der Waals surface area contributed by atoms with Crippen molar-refractivity contribution < 1.29 is 23.8 Å². The molecule has 0 aliphatic rings. The molecule has 1 aromatic rings. The van der Waals surface area contributed by atoms with Gasteiger partial charge in [-0.15, -0.1) is 0 Å². The average molecular weight is 292 g/mol. The first-order chi connectivity index (χ1) is 10.0. The van der Waals surface area contributed by atoms with E-state index >= 15 is 0 Å². The molecule has 1 rings (SSSR count). The van der Waals surface area contributed by atoms with E-state index < -0.39 is 24.1 Å². The predicted octanol–water partition coefficient (Wildman–Crippen LogP) is 2.25. The Morgan fingerprint density at radius 3 is 2.48 bits per heavy atom. The predicted molar refractivity (Wildman–Crippen MR) is 77.4 cm³/mol. The number of rotatable bonds is 7. The molecule has 0 bridgehead atoms. The van der Waals surface area contributed by atoms with E-state index in [9.17, 15) is 9.59 Å². The first-order valence-electron chi connectivity index (χ1n) is 6.62. The molecule has 0 aliphatic carbocycles. The first-order valence-corrected chi connectivity index (χ1v) is 6.62. The summed E-state index contributed by atoms with van der Waals surface area (Å²) in [4.78, 5) is 22.2. The van der Waals surface area contributed by atoms with Gasteiger partial charge < -0.3 is 14.2 Å². The van der Waals surface area contributed by atoms with Crippen LogP contribution in [-0.2, 0) is 30.4 Å². The summed E-state index contributed by atoms with van der Waals surface area (Å²) in [5, 5.41) is 0. The normalized spacial score (nSPS) is 13.7. The number of methoxy groups -OCH3 is 1. The Morgan fingerprint density at radius 1 is 1.24 bits per heavy atom. The van der Waals surface area contributed by atoms with Crippen LogP contribution in [0.5, 0.6) is 0 Å². The van der Waals surface area contributed by atoms with Gasteiger partial charge in [-0.05, 0) is 18.6 Å². The molecule has 0 fully saturated rings. The van der Waals surface area contributed by atoms with Crippen molar-refractivity contribution in [2.24, 2.45) is 0 Å². The summed E-state index contributed by atoms with van der Waals surface area (Å²) in [6.07, 6.45) is 1.75. The van der Waals surface area contributed by atoms with Crippen molar-refractivity contribution in [2.45, 2.75) is 32.7 Å². The highest BCUT2D eigenvalue weighted by Crippen LogP contribution is 2.10. The smallest absolute Gasteiger partial charge is 0.330 e. The lowest BCUT2D eigenvalue weighted by molar-refractivity contribution is -0.151. The van der Waals surface area contributed by atoms with Crippen LogP contribution >= 0.6 is 0 Å². The molecular weight excluding hydrogens is 272 g/mol. The van der Waals surface area contributed by atoms with Crippen molar-refractivity contribution in [3.8, 4) is 0 Å². The van der Waals surface area contributed by atoms with Crippen LogP contribution in [0.3, 0.4) is 0 Å². The minimum Gasteiger partial charge on any atom is -0.466 e. The van der Waals surface area contributed by atoms with E-state index in [-0.39, 0.29) is 0 Å². The highest BCUT2D eigenvalue weighted by Gasteiger charge is 2.18. The van der Waals surface area contributed by atoms with Gasteiger partial charge in [-0.25, -0.2) is 4.79 Å². The van der Waals surface area contributed by atoms with E-state index in [1.807, 2.05) is 30.3 Å². The molecule has 0 N–H and O–H groups in total. The van der Waals surface area contributed by atoms with E-state index in [0.29, 0.717) is 6.61 Å². The lowest BCUT2D eigenvalue weighted by Crippen LogP contribution is -2.29. The number of hydrogen-bond acceptors (Lipinski definition) is 5. The number of carbonyl (C=O) groups excluding carboxylic acids is 2. The van der Waals surface area contributed by atoms with Gasteiger partial charge >= 0.3 is 11.9 Å². The minimum atomic E-state index is -0.534. The molecule has 0 amide bonds. The molecule has 0 unspecified atom stereocenters. The molecule has 0 radical (unpaired) electrons. The summed E-state index contributed by atoms with van der Waals surface area (Å²) in [5.74, 6) is -0.888. The van der Waals surface area contributed by atoms with E-state index in [2.05, 4.69) is 4.74 Å². The van der Waals surface area contributed by atoms with E-state index in [0.717, 1.165) is 5.56 Å². The molecule has 5 nitrogen and oxygen atoms in total. The van der Waals surface area contributed by atoms with Crippen LogP contribution < -0.4 is 0 Å². The molecule has 0 aliphatic heterocycles. The largest absolute Gasteiger partial charge is 0.466 e. The standard InChI is InChI=1S/C16H20O5/c1-12(21-13(2)17)15(9-10-16(18)19-3)20-11-14-7-5-4-6-8-14/h4-10,12,15H,11H2,1-3H3/b10-9+/t12-,15+/m0/s1. The quantitative estimate of drug-likeness (QED) is 0.570. The summed E-state index contributed by atoms with van der Waals surface area (Å²) >= 11 is 0. The minimum absolute atomic E-state index is 0.350. The maximum atomic E-state index is 11.2. The maximum Gasteiger partial charge on any atom is 0.330 e. The monoisotopic (exact) mass is 292 g/mol. The molecule has 0 spiro atoms. The number of ether oxygens (including phenoxy) is 3. The number of hydrogen-bond donors (Lipinski definition) is 0. The lowest BCUT2D eigenvalue weighted by atomic mass is 10.2. The zero-order valence-electron chi connectivity index (χ0n) is 12.4. The molecule has 114 valence electrons. The van der Waals surface area contributed by atoms with Crippen molar-refractivity contribution in [3.05, 3.63) is 48.0 Å². The molecule has 1 aromatic carbocycles. The van der Waals surface area contributed by atoms with Crippen molar-refractivity contribution in [1.29, 1.82) is 0 Å². The number of benzene rings is 1. The first kappa shape index (κ1) is 16.9. The van der Waals surface area contributed by atoms with Crippen LogP contribution in [0, 0.1) is 0 Å². The van der Waals surface area contributed by atoms with Gasteiger partial charge in [-0.3, -0.25) is 4.79 Å². The second kappa shape index (κ2) is 8.92. The van der Waals surface area contributed by atoms with E-state index in [4.69, 9.17) is 9.47 Å². The molecule has 0 heterocycles. The highest BCUT2D eigenvalue weighted by molar-refractivity contribution is 5.81. The number of carbonyl (C=O) groups is 2. The van der Waals surface area contributed by atoms with Crippen molar-refractivity contribution in [3.63, 3.8) is 0 Å². The van der Waals surface area contributed by atoms with Gasteiger partial charge in [0.2, 0.25) is 0 Å². The molecular formula is C16H20O5. The summed E-state index contributed by atoms with van der Waals surface area (Å²) in [7, 11) is 1.29. The SMILES string of the molecule is COC(=O)/C=C/[C@@H](OCc1ccccc1)[C@H](C)OC(C)=O. The van der Waals surface area contributed by atoms with Crippen LogP contribution in [-0.4, -0.2) is 31.3 Å². The van der Waals surface area contributed by atoms with Gasteiger partial charge in [0.1, 0.15) is 12.2 Å². The topological polar surface area (TPSA) is 61.8 Å². The molecule has 21 heavy (non-hydrogen) atoms. The van der Waals surface area contributed by atoms with Crippen molar-refractivity contribution in [2.75, 3.05) is 7.11 Å². The Hall–Kier alpha value is -2.14. The third-order valence-corrected chi connectivity index (χ3v) is 2.72. The summed E-state index contributed by atoms with van der Waals surface area (Å²) in [6.45, 7) is 3.38. The molecule has 5 heteroatoms. The lowest BCUT2D eigenvalue weighted by Gasteiger charge is -2.21. The van der Waals surface area contributed by atoms with E-state index in [1.54, 1.807) is 6.92 Å². The third kappa shape index (κ3) is 6.72.